The maximum Gasteiger partial charge on any atom is 0.0991 e. The Hall–Kier alpha value is -2.01. The maximum atomic E-state index is 8.66. The number of anilines is 1. The first kappa shape index (κ1) is 9.54. The van der Waals surface area contributed by atoms with Gasteiger partial charge in [0.1, 0.15) is 0 Å². The highest BCUT2D eigenvalue weighted by atomic mass is 14.9. The van der Waals surface area contributed by atoms with E-state index in [4.69, 9.17) is 5.26 Å². The van der Waals surface area contributed by atoms with E-state index in [2.05, 4.69) is 29.6 Å². The van der Waals surface area contributed by atoms with Crippen LogP contribution in [0.15, 0.2) is 48.2 Å². The summed E-state index contributed by atoms with van der Waals surface area (Å²) in [5, 5.41) is 12.0. The summed E-state index contributed by atoms with van der Waals surface area (Å²) in [4.78, 5) is 0. The molecule has 2 heteroatoms. The third-order valence-electron chi connectivity index (χ3n) is 2.30. The lowest BCUT2D eigenvalue weighted by atomic mass is 10.1. The van der Waals surface area contributed by atoms with Crippen LogP contribution < -0.4 is 5.32 Å². The average molecular weight is 196 g/mol. The van der Waals surface area contributed by atoms with Crippen molar-refractivity contribution < 1.29 is 0 Å². The third kappa shape index (κ3) is 2.47. The Morgan fingerprint density at radius 3 is 2.53 bits per heavy atom. The lowest BCUT2D eigenvalue weighted by Crippen LogP contribution is -1.98. The molecule has 0 atom stereocenters. The monoisotopic (exact) mass is 196 g/mol. The number of hydrogen-bond donors (Lipinski definition) is 1. The van der Waals surface area contributed by atoms with Gasteiger partial charge in [0.25, 0.3) is 0 Å². The Labute approximate surface area is 89.5 Å². The summed E-state index contributed by atoms with van der Waals surface area (Å²) < 4.78 is 0. The van der Waals surface area contributed by atoms with Gasteiger partial charge in [0.15, 0.2) is 0 Å². The predicted molar refractivity (Wildman–Crippen MR) is 61.2 cm³/mol. The lowest BCUT2D eigenvalue weighted by Gasteiger charge is -2.10. The minimum absolute atomic E-state index is 0.689. The molecule has 74 valence electrons. The minimum Gasteiger partial charge on any atom is -0.356 e. The Morgan fingerprint density at radius 1 is 1.13 bits per heavy atom. The van der Waals surface area contributed by atoms with E-state index in [1.807, 2.05) is 24.3 Å². The zero-order chi connectivity index (χ0) is 10.5. The summed E-state index contributed by atoms with van der Waals surface area (Å²) >= 11 is 0. The van der Waals surface area contributed by atoms with Crippen LogP contribution >= 0.6 is 0 Å². The number of rotatable bonds is 2. The molecule has 0 unspecified atom stereocenters. The van der Waals surface area contributed by atoms with E-state index >= 15 is 0 Å². The molecule has 0 spiro atoms. The molecule has 1 aliphatic carbocycles. The average Bonchev–Trinajstić information content (AvgIpc) is 2.31. The summed E-state index contributed by atoms with van der Waals surface area (Å²) in [5.74, 6) is 0. The summed E-state index contributed by atoms with van der Waals surface area (Å²) in [6.07, 6.45) is 8.64. The van der Waals surface area contributed by atoms with Crippen molar-refractivity contribution in [1.82, 2.24) is 0 Å². The lowest BCUT2D eigenvalue weighted by molar-refractivity contribution is 1.02. The van der Waals surface area contributed by atoms with E-state index in [1.54, 1.807) is 0 Å². The molecule has 0 saturated carbocycles. The molecule has 1 aromatic rings. The Bertz CT molecular complexity index is 433. The van der Waals surface area contributed by atoms with Gasteiger partial charge in [0, 0.05) is 11.4 Å². The van der Waals surface area contributed by atoms with Gasteiger partial charge in [-0.15, -0.1) is 0 Å². The first-order valence-electron chi connectivity index (χ1n) is 5.02. The molecular weight excluding hydrogens is 184 g/mol. The van der Waals surface area contributed by atoms with Crippen LogP contribution in [0.3, 0.4) is 0 Å². The van der Waals surface area contributed by atoms with E-state index in [0.717, 1.165) is 24.2 Å². The number of allylic oxidation sites excluding steroid dienone is 3. The minimum atomic E-state index is 0.689. The number of nitrogens with one attached hydrogen (secondary N) is 1. The Balaban J connectivity index is 2.08. The normalized spacial score (nSPS) is 14.2. The van der Waals surface area contributed by atoms with E-state index in [1.165, 1.54) is 0 Å². The molecule has 0 saturated heterocycles. The van der Waals surface area contributed by atoms with Crippen LogP contribution in [-0.2, 0) is 0 Å². The van der Waals surface area contributed by atoms with Crippen molar-refractivity contribution >= 4 is 5.69 Å². The van der Waals surface area contributed by atoms with Gasteiger partial charge >= 0.3 is 0 Å². The summed E-state index contributed by atoms with van der Waals surface area (Å²) in [6.45, 7) is 0. The predicted octanol–water partition coefficient (Wildman–Crippen LogP) is 3.20. The van der Waals surface area contributed by atoms with Crippen LogP contribution in [0.25, 0.3) is 0 Å². The van der Waals surface area contributed by atoms with Crippen molar-refractivity contribution in [2.45, 2.75) is 12.8 Å². The van der Waals surface area contributed by atoms with Crippen molar-refractivity contribution in [2.24, 2.45) is 0 Å². The third-order valence-corrected chi connectivity index (χ3v) is 2.30. The van der Waals surface area contributed by atoms with Gasteiger partial charge in [0.2, 0.25) is 0 Å². The highest BCUT2D eigenvalue weighted by Gasteiger charge is 1.98. The van der Waals surface area contributed by atoms with E-state index in [9.17, 15) is 0 Å². The fourth-order valence-corrected chi connectivity index (χ4v) is 1.50. The van der Waals surface area contributed by atoms with Gasteiger partial charge in [-0.05, 0) is 43.2 Å². The molecule has 0 heterocycles. The number of nitriles is 1. The van der Waals surface area contributed by atoms with Crippen LogP contribution in [0.2, 0.25) is 0 Å². The molecule has 1 aromatic carbocycles. The molecule has 0 amide bonds. The molecule has 2 nitrogen and oxygen atoms in total. The van der Waals surface area contributed by atoms with Crippen molar-refractivity contribution in [3.8, 4) is 6.07 Å². The standard InChI is InChI=1S/C13H12N2/c14-10-11-6-8-13(9-7-11)15-12-4-2-1-3-5-12/h2,4-9,15H,1,3H2. The van der Waals surface area contributed by atoms with Crippen LogP contribution in [0.5, 0.6) is 0 Å². The highest BCUT2D eigenvalue weighted by molar-refractivity contribution is 5.53. The van der Waals surface area contributed by atoms with Crippen molar-refractivity contribution in [3.63, 3.8) is 0 Å². The molecule has 0 aromatic heterocycles. The highest BCUT2D eigenvalue weighted by Crippen LogP contribution is 2.15. The van der Waals surface area contributed by atoms with Crippen molar-refractivity contribution in [1.29, 1.82) is 5.26 Å². The number of hydrogen-bond acceptors (Lipinski definition) is 2. The van der Waals surface area contributed by atoms with Gasteiger partial charge in [-0.3, -0.25) is 0 Å². The van der Waals surface area contributed by atoms with Crippen molar-refractivity contribution in [3.05, 3.63) is 53.8 Å². The van der Waals surface area contributed by atoms with Crippen molar-refractivity contribution in [2.75, 3.05) is 5.32 Å². The summed E-state index contributed by atoms with van der Waals surface area (Å²) in [5.41, 5.74) is 2.84. The molecule has 1 aliphatic rings. The Kier molecular flexibility index (Phi) is 2.85. The van der Waals surface area contributed by atoms with Crippen LogP contribution in [-0.4, -0.2) is 0 Å². The molecule has 2 rings (SSSR count). The second-order valence-electron chi connectivity index (χ2n) is 3.45. The van der Waals surface area contributed by atoms with Gasteiger partial charge in [-0.2, -0.15) is 5.26 Å². The molecule has 1 N–H and O–H groups in total. The molecule has 0 aliphatic heterocycles. The van der Waals surface area contributed by atoms with E-state index in [0.29, 0.717) is 5.56 Å². The van der Waals surface area contributed by atoms with Gasteiger partial charge < -0.3 is 5.32 Å². The second-order valence-corrected chi connectivity index (χ2v) is 3.45. The van der Waals surface area contributed by atoms with E-state index < -0.39 is 0 Å². The summed E-state index contributed by atoms with van der Waals surface area (Å²) in [7, 11) is 0. The fourth-order valence-electron chi connectivity index (χ4n) is 1.50. The molecule has 15 heavy (non-hydrogen) atoms. The molecule has 0 fully saturated rings. The largest absolute Gasteiger partial charge is 0.356 e. The first-order chi connectivity index (χ1) is 7.38. The molecule has 0 radical (unpaired) electrons. The van der Waals surface area contributed by atoms with Crippen LogP contribution in [0, 0.1) is 11.3 Å². The summed E-state index contributed by atoms with van der Waals surface area (Å²) in [6, 6.07) is 9.57. The smallest absolute Gasteiger partial charge is 0.0991 e. The SMILES string of the molecule is N#Cc1ccc(NC2=CCCC=C2)cc1. The topological polar surface area (TPSA) is 35.8 Å². The number of benzene rings is 1. The number of nitrogens with zero attached hydrogens (tertiary/aromatic N) is 1. The quantitative estimate of drug-likeness (QED) is 0.788. The second kappa shape index (κ2) is 4.47. The first-order valence-corrected chi connectivity index (χ1v) is 5.02. The maximum absolute atomic E-state index is 8.66. The fraction of sp³-hybridized carbons (Fsp3) is 0.154. The molecular formula is C13H12N2. The van der Waals surface area contributed by atoms with Gasteiger partial charge in [0.05, 0.1) is 11.6 Å². The van der Waals surface area contributed by atoms with Crippen LogP contribution in [0.1, 0.15) is 18.4 Å². The van der Waals surface area contributed by atoms with Gasteiger partial charge in [-0.1, -0.05) is 12.2 Å². The molecule has 0 bridgehead atoms. The van der Waals surface area contributed by atoms with Crippen LogP contribution in [0.4, 0.5) is 5.69 Å². The Morgan fingerprint density at radius 2 is 1.93 bits per heavy atom. The zero-order valence-corrected chi connectivity index (χ0v) is 8.40. The zero-order valence-electron chi connectivity index (χ0n) is 8.40. The van der Waals surface area contributed by atoms with Gasteiger partial charge in [-0.25, -0.2) is 0 Å². The van der Waals surface area contributed by atoms with E-state index in [-0.39, 0.29) is 0 Å².